The second-order valence-corrected chi connectivity index (χ2v) is 6.24. The zero-order valence-electron chi connectivity index (χ0n) is 12.5. The van der Waals surface area contributed by atoms with E-state index in [2.05, 4.69) is 62.1 Å². The number of benzene rings is 2. The number of rotatable bonds is 1. The van der Waals surface area contributed by atoms with Crippen molar-refractivity contribution in [2.45, 2.75) is 26.2 Å². The molecule has 0 spiro atoms. The molecule has 2 aliphatic rings. The van der Waals surface area contributed by atoms with Crippen LogP contribution in [0.1, 0.15) is 23.1 Å². The summed E-state index contributed by atoms with van der Waals surface area (Å²) in [5.41, 5.74) is 4.46. The first-order valence-corrected chi connectivity index (χ1v) is 7.81. The van der Waals surface area contributed by atoms with Gasteiger partial charge in [0.15, 0.2) is 0 Å². The topological polar surface area (TPSA) is 0 Å². The summed E-state index contributed by atoms with van der Waals surface area (Å²) in [6, 6.07) is 11.3. The summed E-state index contributed by atoms with van der Waals surface area (Å²) in [6.45, 7) is 6.20. The quantitative estimate of drug-likeness (QED) is 0.700. The molecule has 0 N–H and O–H groups in total. The normalized spacial score (nSPS) is 18.6. The number of hydrogen-bond acceptors (Lipinski definition) is 0. The highest BCUT2D eigenvalue weighted by atomic mass is 14.2. The standard InChI is InChI=1S/C21H20/c1-3-15-7-8-16-9-10-19-18-6-4-5-14(2)17(18)11-12-20(19)21(16)13-15/h3-6,8-11,15H,1,7,12-13H2,2H3. The molecule has 0 bridgehead atoms. The van der Waals surface area contributed by atoms with E-state index in [1.807, 2.05) is 0 Å². The van der Waals surface area contributed by atoms with Gasteiger partial charge in [-0.1, -0.05) is 48.6 Å². The van der Waals surface area contributed by atoms with Crippen molar-refractivity contribution in [2.24, 2.45) is 5.92 Å². The van der Waals surface area contributed by atoms with Crippen molar-refractivity contribution in [3.63, 3.8) is 0 Å². The van der Waals surface area contributed by atoms with Gasteiger partial charge in [0.2, 0.25) is 0 Å². The molecule has 1 unspecified atom stereocenters. The Morgan fingerprint density at radius 2 is 1.95 bits per heavy atom. The largest absolute Gasteiger partial charge is 0.103 e. The Kier molecular flexibility index (Phi) is 2.85. The van der Waals surface area contributed by atoms with Crippen LogP contribution in [0.4, 0.5) is 0 Å². The molecule has 0 aliphatic heterocycles. The molecule has 21 heavy (non-hydrogen) atoms. The van der Waals surface area contributed by atoms with E-state index in [4.69, 9.17) is 0 Å². The molecule has 0 aromatic heterocycles. The van der Waals surface area contributed by atoms with Crippen molar-refractivity contribution in [1.29, 1.82) is 0 Å². The molecular formula is C21H20. The minimum absolute atomic E-state index is 0.600. The highest BCUT2D eigenvalue weighted by Gasteiger charge is 2.16. The summed E-state index contributed by atoms with van der Waals surface area (Å²) in [6.07, 6.45) is 10.3. The fourth-order valence-electron chi connectivity index (χ4n) is 3.82. The van der Waals surface area contributed by atoms with E-state index in [0.29, 0.717) is 5.92 Å². The lowest BCUT2D eigenvalue weighted by Gasteiger charge is -2.21. The maximum atomic E-state index is 3.99. The first kappa shape index (κ1) is 12.6. The van der Waals surface area contributed by atoms with Crippen LogP contribution in [0.5, 0.6) is 0 Å². The fraction of sp³-hybridized carbons (Fsp3) is 0.238. The van der Waals surface area contributed by atoms with Gasteiger partial charge >= 0.3 is 0 Å². The van der Waals surface area contributed by atoms with Crippen LogP contribution in [-0.4, -0.2) is 0 Å². The van der Waals surface area contributed by atoms with E-state index in [1.54, 1.807) is 5.56 Å². The van der Waals surface area contributed by atoms with Crippen molar-refractivity contribution < 1.29 is 0 Å². The Bertz CT molecular complexity index is 945. The molecular weight excluding hydrogens is 252 g/mol. The fourth-order valence-corrected chi connectivity index (χ4v) is 3.82. The van der Waals surface area contributed by atoms with Gasteiger partial charge in [-0.25, -0.2) is 0 Å². The van der Waals surface area contributed by atoms with Gasteiger partial charge in [-0.2, -0.15) is 0 Å². The number of allylic oxidation sites excluding steroid dienone is 1. The molecule has 4 rings (SSSR count). The van der Waals surface area contributed by atoms with Gasteiger partial charge in [-0.3, -0.25) is 0 Å². The van der Waals surface area contributed by atoms with E-state index in [9.17, 15) is 0 Å². The van der Waals surface area contributed by atoms with Crippen LogP contribution in [0.25, 0.3) is 12.2 Å². The number of hydrogen-bond donors (Lipinski definition) is 0. The Hall–Kier alpha value is -2.08. The Morgan fingerprint density at radius 1 is 1.05 bits per heavy atom. The highest BCUT2D eigenvalue weighted by molar-refractivity contribution is 5.49. The van der Waals surface area contributed by atoms with E-state index in [0.717, 1.165) is 19.3 Å². The van der Waals surface area contributed by atoms with Gasteiger partial charge in [-0.15, -0.1) is 6.58 Å². The Morgan fingerprint density at radius 3 is 2.81 bits per heavy atom. The van der Waals surface area contributed by atoms with Gasteiger partial charge < -0.3 is 0 Å². The molecule has 0 saturated carbocycles. The molecule has 2 aliphatic carbocycles. The lowest BCUT2D eigenvalue weighted by atomic mass is 9.84. The molecule has 0 heteroatoms. The Labute approximate surface area is 125 Å². The molecule has 2 aromatic rings. The van der Waals surface area contributed by atoms with Crippen molar-refractivity contribution in [3.8, 4) is 0 Å². The third-order valence-electron chi connectivity index (χ3n) is 5.03. The summed E-state index contributed by atoms with van der Waals surface area (Å²) in [5, 5.41) is 5.70. The Balaban J connectivity index is 2.13. The predicted octanol–water partition coefficient (Wildman–Crippen LogP) is 3.15. The van der Waals surface area contributed by atoms with Crippen LogP contribution in [-0.2, 0) is 12.8 Å². The van der Waals surface area contributed by atoms with Crippen LogP contribution in [0, 0.1) is 23.3 Å². The van der Waals surface area contributed by atoms with Gasteiger partial charge in [-0.05, 0) is 69.7 Å². The van der Waals surface area contributed by atoms with Crippen molar-refractivity contribution >= 4 is 12.2 Å². The predicted molar refractivity (Wildman–Crippen MR) is 89.2 cm³/mol. The second-order valence-electron chi connectivity index (χ2n) is 6.24. The molecule has 0 radical (unpaired) electrons. The summed E-state index contributed by atoms with van der Waals surface area (Å²) >= 11 is 0. The molecule has 0 fully saturated rings. The first-order valence-electron chi connectivity index (χ1n) is 7.81. The molecule has 104 valence electrons. The smallest absolute Gasteiger partial charge is 0.00790 e. The molecule has 0 saturated heterocycles. The van der Waals surface area contributed by atoms with Crippen LogP contribution in [0.3, 0.4) is 0 Å². The van der Waals surface area contributed by atoms with E-state index < -0.39 is 0 Å². The summed E-state index contributed by atoms with van der Waals surface area (Å²) in [5.74, 6) is 0.600. The SMILES string of the molecule is C=CC1CC=c2ccc3c(c2C1)CC=c1c(C)cccc1=3. The first-order chi connectivity index (χ1) is 10.3. The van der Waals surface area contributed by atoms with Gasteiger partial charge in [0.05, 0.1) is 0 Å². The third-order valence-corrected chi connectivity index (χ3v) is 5.03. The molecule has 1 atom stereocenters. The maximum Gasteiger partial charge on any atom is -0.00790 e. The summed E-state index contributed by atoms with van der Waals surface area (Å²) < 4.78 is 0. The minimum Gasteiger partial charge on any atom is -0.103 e. The summed E-state index contributed by atoms with van der Waals surface area (Å²) in [4.78, 5) is 0. The van der Waals surface area contributed by atoms with Gasteiger partial charge in [0, 0.05) is 0 Å². The molecule has 0 nitrogen and oxygen atoms in total. The zero-order chi connectivity index (χ0) is 14.4. The van der Waals surface area contributed by atoms with Crippen LogP contribution >= 0.6 is 0 Å². The number of fused-ring (bicyclic) bond motifs is 4. The van der Waals surface area contributed by atoms with Crippen LogP contribution in [0.15, 0.2) is 43.0 Å². The maximum absolute atomic E-state index is 3.99. The average molecular weight is 272 g/mol. The molecule has 2 aromatic carbocycles. The average Bonchev–Trinajstić information content (AvgIpc) is 2.54. The van der Waals surface area contributed by atoms with E-state index in [-0.39, 0.29) is 0 Å². The van der Waals surface area contributed by atoms with E-state index in [1.165, 1.54) is 32.0 Å². The van der Waals surface area contributed by atoms with Crippen molar-refractivity contribution in [2.75, 3.05) is 0 Å². The minimum atomic E-state index is 0.600. The summed E-state index contributed by atoms with van der Waals surface area (Å²) in [7, 11) is 0. The third kappa shape index (κ3) is 1.90. The van der Waals surface area contributed by atoms with E-state index >= 15 is 0 Å². The number of aryl methyl sites for hydroxylation is 1. The lowest BCUT2D eigenvalue weighted by Crippen LogP contribution is -2.23. The monoisotopic (exact) mass is 272 g/mol. The zero-order valence-corrected chi connectivity index (χ0v) is 12.5. The highest BCUT2D eigenvalue weighted by Crippen LogP contribution is 2.22. The van der Waals surface area contributed by atoms with Crippen molar-refractivity contribution in [3.05, 3.63) is 80.6 Å². The lowest BCUT2D eigenvalue weighted by molar-refractivity contribution is 0.655. The second kappa shape index (κ2) is 4.73. The molecule has 0 heterocycles. The van der Waals surface area contributed by atoms with Gasteiger partial charge in [0.1, 0.15) is 0 Å². The molecule has 0 amide bonds. The van der Waals surface area contributed by atoms with Crippen LogP contribution < -0.4 is 10.4 Å². The van der Waals surface area contributed by atoms with Crippen molar-refractivity contribution in [1.82, 2.24) is 0 Å². The van der Waals surface area contributed by atoms with Gasteiger partial charge in [0.25, 0.3) is 0 Å². The van der Waals surface area contributed by atoms with Crippen LogP contribution in [0.2, 0.25) is 0 Å².